The van der Waals surface area contributed by atoms with Crippen molar-refractivity contribution in [3.8, 4) is 0 Å². The first kappa shape index (κ1) is 15.5. The molecule has 0 radical (unpaired) electrons. The maximum Gasteiger partial charge on any atom is 0.328 e. The minimum absolute atomic E-state index is 0.179. The lowest BCUT2D eigenvalue weighted by atomic mass is 9.79. The van der Waals surface area contributed by atoms with Crippen LogP contribution in [0.1, 0.15) is 32.6 Å². The SMILES string of the molecule is CC1CCCC(O)(CNC(=O)Cn2ccc(=O)[nH]c2=O)C1. The van der Waals surface area contributed by atoms with E-state index in [1.807, 2.05) is 0 Å². The van der Waals surface area contributed by atoms with Crippen molar-refractivity contribution >= 4 is 5.91 Å². The van der Waals surface area contributed by atoms with Crippen molar-refractivity contribution in [3.05, 3.63) is 33.1 Å². The highest BCUT2D eigenvalue weighted by molar-refractivity contribution is 5.75. The average Bonchev–Trinajstić information content (AvgIpc) is 2.40. The molecule has 2 rings (SSSR count). The lowest BCUT2D eigenvalue weighted by Gasteiger charge is -2.35. The van der Waals surface area contributed by atoms with Crippen molar-refractivity contribution in [1.82, 2.24) is 14.9 Å². The third kappa shape index (κ3) is 4.29. The van der Waals surface area contributed by atoms with Crippen molar-refractivity contribution in [3.63, 3.8) is 0 Å². The monoisotopic (exact) mass is 295 g/mol. The van der Waals surface area contributed by atoms with E-state index in [-0.39, 0.29) is 19.0 Å². The summed E-state index contributed by atoms with van der Waals surface area (Å²) in [5.41, 5.74) is -1.98. The Hall–Kier alpha value is -1.89. The van der Waals surface area contributed by atoms with E-state index in [9.17, 15) is 19.5 Å². The molecule has 1 heterocycles. The number of hydrogen-bond donors (Lipinski definition) is 3. The molecule has 0 aliphatic heterocycles. The smallest absolute Gasteiger partial charge is 0.328 e. The van der Waals surface area contributed by atoms with Gasteiger partial charge in [0, 0.05) is 18.8 Å². The highest BCUT2D eigenvalue weighted by Gasteiger charge is 2.32. The Morgan fingerprint density at radius 3 is 3.00 bits per heavy atom. The van der Waals surface area contributed by atoms with E-state index < -0.39 is 16.9 Å². The summed E-state index contributed by atoms with van der Waals surface area (Å²) in [7, 11) is 0. The van der Waals surface area contributed by atoms with Gasteiger partial charge in [-0.05, 0) is 18.8 Å². The normalized spacial score (nSPS) is 25.5. The fourth-order valence-electron chi connectivity index (χ4n) is 2.84. The fourth-order valence-corrected chi connectivity index (χ4v) is 2.84. The van der Waals surface area contributed by atoms with E-state index >= 15 is 0 Å². The Kier molecular flexibility index (Phi) is 4.62. The predicted molar refractivity (Wildman–Crippen MR) is 76.9 cm³/mol. The third-order valence-electron chi connectivity index (χ3n) is 3.89. The van der Waals surface area contributed by atoms with Gasteiger partial charge < -0.3 is 10.4 Å². The van der Waals surface area contributed by atoms with Gasteiger partial charge in [0.15, 0.2) is 0 Å². The number of carbonyl (C=O) groups excluding carboxylic acids is 1. The largest absolute Gasteiger partial charge is 0.388 e. The van der Waals surface area contributed by atoms with Gasteiger partial charge in [-0.25, -0.2) is 4.79 Å². The highest BCUT2D eigenvalue weighted by Crippen LogP contribution is 2.31. The number of nitrogens with zero attached hydrogens (tertiary/aromatic N) is 1. The lowest BCUT2D eigenvalue weighted by Crippen LogP contribution is -2.47. The number of carbonyl (C=O) groups is 1. The first-order valence-electron chi connectivity index (χ1n) is 7.17. The summed E-state index contributed by atoms with van der Waals surface area (Å²) in [4.78, 5) is 36.3. The number of nitrogens with one attached hydrogen (secondary N) is 2. The summed E-state index contributed by atoms with van der Waals surface area (Å²) >= 11 is 0. The molecule has 0 bridgehead atoms. The minimum Gasteiger partial charge on any atom is -0.388 e. The molecule has 1 fully saturated rings. The number of aromatic nitrogens is 2. The van der Waals surface area contributed by atoms with E-state index in [2.05, 4.69) is 17.2 Å². The molecule has 2 atom stereocenters. The van der Waals surface area contributed by atoms with Crippen LogP contribution in [-0.2, 0) is 11.3 Å². The van der Waals surface area contributed by atoms with Gasteiger partial charge in [0.05, 0.1) is 5.60 Å². The number of hydrogen-bond acceptors (Lipinski definition) is 4. The average molecular weight is 295 g/mol. The molecular formula is C14H21N3O4. The quantitative estimate of drug-likeness (QED) is 0.702. The molecule has 2 unspecified atom stereocenters. The van der Waals surface area contributed by atoms with Crippen LogP contribution in [0.4, 0.5) is 0 Å². The molecule has 3 N–H and O–H groups in total. The van der Waals surface area contributed by atoms with Crippen LogP contribution in [-0.4, -0.2) is 32.7 Å². The van der Waals surface area contributed by atoms with E-state index in [1.54, 1.807) is 0 Å². The molecule has 7 nitrogen and oxygen atoms in total. The van der Waals surface area contributed by atoms with Crippen LogP contribution in [0, 0.1) is 5.92 Å². The van der Waals surface area contributed by atoms with Gasteiger partial charge >= 0.3 is 5.69 Å². The molecule has 1 aromatic rings. The van der Waals surface area contributed by atoms with Gasteiger partial charge in [-0.1, -0.05) is 19.8 Å². The standard InChI is InChI=1S/C14H21N3O4/c1-10-3-2-5-14(21,7-10)9-15-12(19)8-17-6-4-11(18)16-13(17)20/h4,6,10,21H,2-3,5,7-9H2,1H3,(H,15,19)(H,16,18,20). The van der Waals surface area contributed by atoms with Crippen molar-refractivity contribution < 1.29 is 9.90 Å². The summed E-state index contributed by atoms with van der Waals surface area (Å²) in [6.07, 6.45) is 4.68. The second-order valence-corrected chi connectivity index (χ2v) is 5.94. The molecule has 1 aliphatic rings. The number of aliphatic hydroxyl groups is 1. The summed E-state index contributed by atoms with van der Waals surface area (Å²) < 4.78 is 1.12. The van der Waals surface area contributed by atoms with E-state index in [4.69, 9.17) is 0 Å². The molecule has 7 heteroatoms. The molecule has 116 valence electrons. The predicted octanol–water partition coefficient (Wildman–Crippen LogP) is -0.406. The lowest BCUT2D eigenvalue weighted by molar-refractivity contribution is -0.123. The zero-order chi connectivity index (χ0) is 15.5. The van der Waals surface area contributed by atoms with Gasteiger partial charge in [0.1, 0.15) is 6.54 Å². The maximum absolute atomic E-state index is 11.8. The first-order valence-corrected chi connectivity index (χ1v) is 7.17. The third-order valence-corrected chi connectivity index (χ3v) is 3.89. The summed E-state index contributed by atoms with van der Waals surface area (Å²) in [6, 6.07) is 1.19. The molecule has 21 heavy (non-hydrogen) atoms. The number of aromatic amines is 1. The molecule has 1 aliphatic carbocycles. The van der Waals surface area contributed by atoms with E-state index in [0.29, 0.717) is 18.8 Å². The second kappa shape index (κ2) is 6.26. The van der Waals surface area contributed by atoms with Gasteiger partial charge in [-0.15, -0.1) is 0 Å². The Morgan fingerprint density at radius 2 is 2.33 bits per heavy atom. The molecule has 0 spiro atoms. The van der Waals surface area contributed by atoms with Crippen molar-refractivity contribution in [1.29, 1.82) is 0 Å². The van der Waals surface area contributed by atoms with Crippen molar-refractivity contribution in [2.75, 3.05) is 6.54 Å². The van der Waals surface area contributed by atoms with Crippen LogP contribution < -0.4 is 16.6 Å². The van der Waals surface area contributed by atoms with Crippen molar-refractivity contribution in [2.24, 2.45) is 5.92 Å². The fraction of sp³-hybridized carbons (Fsp3) is 0.643. The number of amides is 1. The Morgan fingerprint density at radius 1 is 1.57 bits per heavy atom. The highest BCUT2D eigenvalue weighted by atomic mass is 16.3. The van der Waals surface area contributed by atoms with Crippen LogP contribution in [0.2, 0.25) is 0 Å². The molecule has 1 amide bonds. The zero-order valence-corrected chi connectivity index (χ0v) is 12.1. The van der Waals surface area contributed by atoms with Gasteiger partial charge in [0.25, 0.3) is 5.56 Å². The summed E-state index contributed by atoms with van der Waals surface area (Å²) in [6.45, 7) is 2.10. The molecule has 0 saturated heterocycles. The Balaban J connectivity index is 1.90. The molecular weight excluding hydrogens is 274 g/mol. The Labute approximate surface area is 122 Å². The summed E-state index contributed by atoms with van der Waals surface area (Å²) in [5.74, 6) is 0.0817. The molecule has 1 aromatic heterocycles. The molecule has 1 saturated carbocycles. The van der Waals surface area contributed by atoms with Crippen LogP contribution in [0.25, 0.3) is 0 Å². The summed E-state index contributed by atoms with van der Waals surface area (Å²) in [5, 5.41) is 13.1. The van der Waals surface area contributed by atoms with Crippen LogP contribution in [0.3, 0.4) is 0 Å². The van der Waals surface area contributed by atoms with Crippen LogP contribution >= 0.6 is 0 Å². The minimum atomic E-state index is -0.858. The zero-order valence-electron chi connectivity index (χ0n) is 12.1. The number of rotatable bonds is 4. The van der Waals surface area contributed by atoms with Gasteiger partial charge in [-0.3, -0.25) is 19.1 Å². The Bertz CT molecular complexity index is 621. The number of H-pyrrole nitrogens is 1. The van der Waals surface area contributed by atoms with E-state index in [0.717, 1.165) is 17.4 Å². The first-order chi connectivity index (χ1) is 9.88. The second-order valence-electron chi connectivity index (χ2n) is 5.94. The van der Waals surface area contributed by atoms with Crippen molar-refractivity contribution in [2.45, 2.75) is 44.8 Å². The van der Waals surface area contributed by atoms with Crippen LogP contribution in [0.15, 0.2) is 21.9 Å². The topological polar surface area (TPSA) is 104 Å². The van der Waals surface area contributed by atoms with Crippen LogP contribution in [0.5, 0.6) is 0 Å². The maximum atomic E-state index is 11.8. The molecule has 0 aromatic carbocycles. The van der Waals surface area contributed by atoms with Gasteiger partial charge in [0.2, 0.25) is 5.91 Å². The van der Waals surface area contributed by atoms with E-state index in [1.165, 1.54) is 12.3 Å². The van der Waals surface area contributed by atoms with Gasteiger partial charge in [-0.2, -0.15) is 0 Å².